The van der Waals surface area contributed by atoms with Crippen molar-refractivity contribution in [3.8, 4) is 27.7 Å². The van der Waals surface area contributed by atoms with Gasteiger partial charge in [-0.2, -0.15) is 0 Å². The molecule has 0 fully saturated rings. The van der Waals surface area contributed by atoms with E-state index in [1.54, 1.807) is 31.4 Å². The highest BCUT2D eigenvalue weighted by molar-refractivity contribution is 7.15. The molecule has 1 aliphatic rings. The molecule has 1 aromatic carbocycles. The molecule has 2 atom stereocenters. The van der Waals surface area contributed by atoms with Crippen molar-refractivity contribution in [2.45, 2.75) is 46.8 Å². The van der Waals surface area contributed by atoms with Gasteiger partial charge in [-0.25, -0.2) is 9.78 Å². The molecule has 33 heavy (non-hydrogen) atoms. The van der Waals surface area contributed by atoms with Crippen LogP contribution in [0.15, 0.2) is 42.6 Å². The number of aromatic nitrogens is 2. The third-order valence-electron chi connectivity index (χ3n) is 5.35. The lowest BCUT2D eigenvalue weighted by Crippen LogP contribution is -2.52. The zero-order chi connectivity index (χ0) is 23.7. The number of carbonyl (C=O) groups is 2. The maximum Gasteiger partial charge on any atom is 0.328 e. The molecule has 3 heterocycles. The number of ether oxygens (including phenoxy) is 2. The fourth-order valence-electron chi connectivity index (χ4n) is 3.65. The summed E-state index contributed by atoms with van der Waals surface area (Å²) >= 11 is 1.56. The summed E-state index contributed by atoms with van der Waals surface area (Å²) in [5.41, 5.74) is 2.99. The van der Waals surface area contributed by atoms with Gasteiger partial charge in [0.25, 0.3) is 5.91 Å². The second-order valence-corrected chi connectivity index (χ2v) is 9.69. The third-order valence-corrected chi connectivity index (χ3v) is 6.34. The first-order valence-electron chi connectivity index (χ1n) is 11.0. The van der Waals surface area contributed by atoms with Crippen LogP contribution in [0.25, 0.3) is 22.0 Å². The highest BCUT2D eigenvalue weighted by Crippen LogP contribution is 2.40. The van der Waals surface area contributed by atoms with Crippen LogP contribution >= 0.6 is 11.3 Å². The number of esters is 1. The van der Waals surface area contributed by atoms with Crippen LogP contribution in [0.1, 0.15) is 32.6 Å². The summed E-state index contributed by atoms with van der Waals surface area (Å²) in [6.07, 6.45) is 1.05. The van der Waals surface area contributed by atoms with Crippen molar-refractivity contribution in [2.75, 3.05) is 11.5 Å². The van der Waals surface area contributed by atoms with E-state index >= 15 is 0 Å². The molecular formula is C25H27N3O4S. The summed E-state index contributed by atoms with van der Waals surface area (Å²) in [5, 5.41) is 0.823. The predicted molar refractivity (Wildman–Crippen MR) is 128 cm³/mol. The van der Waals surface area contributed by atoms with Crippen molar-refractivity contribution >= 4 is 28.9 Å². The molecule has 7 nitrogen and oxygen atoms in total. The molecule has 0 bridgehead atoms. The normalized spacial score (nSPS) is 16.4. The fraction of sp³-hybridized carbons (Fsp3) is 0.360. The lowest BCUT2D eigenvalue weighted by Gasteiger charge is -2.36. The molecule has 0 spiro atoms. The average molecular weight is 466 g/mol. The van der Waals surface area contributed by atoms with Crippen LogP contribution in [0, 0.1) is 12.8 Å². The van der Waals surface area contributed by atoms with Crippen molar-refractivity contribution in [2.24, 2.45) is 5.92 Å². The van der Waals surface area contributed by atoms with Crippen molar-refractivity contribution in [1.29, 1.82) is 0 Å². The maximum absolute atomic E-state index is 13.0. The van der Waals surface area contributed by atoms with Crippen LogP contribution in [-0.2, 0) is 14.3 Å². The summed E-state index contributed by atoms with van der Waals surface area (Å²) < 4.78 is 11.2. The molecule has 2 unspecified atom stereocenters. The number of thiazole rings is 1. The van der Waals surface area contributed by atoms with E-state index in [1.165, 1.54) is 4.90 Å². The first kappa shape index (κ1) is 22.9. The van der Waals surface area contributed by atoms with E-state index < -0.39 is 18.1 Å². The number of hydrogen-bond acceptors (Lipinski definition) is 7. The number of hydrogen-bond donors (Lipinski definition) is 0. The van der Waals surface area contributed by atoms with E-state index in [4.69, 9.17) is 14.5 Å². The number of nitrogens with zero attached hydrogens (tertiary/aromatic N) is 3. The number of aryl methyl sites for hydroxylation is 1. The van der Waals surface area contributed by atoms with E-state index in [0.717, 1.165) is 26.8 Å². The minimum Gasteiger partial charge on any atom is -0.479 e. The topological polar surface area (TPSA) is 81.6 Å². The summed E-state index contributed by atoms with van der Waals surface area (Å²) in [5.74, 6) is 0.0371. The molecule has 1 amide bonds. The van der Waals surface area contributed by atoms with E-state index in [-0.39, 0.29) is 11.8 Å². The van der Waals surface area contributed by atoms with Gasteiger partial charge in [0.1, 0.15) is 16.8 Å². The second kappa shape index (κ2) is 9.31. The van der Waals surface area contributed by atoms with Crippen molar-refractivity contribution < 1.29 is 19.1 Å². The van der Waals surface area contributed by atoms with Crippen LogP contribution in [0.2, 0.25) is 0 Å². The summed E-state index contributed by atoms with van der Waals surface area (Å²) in [4.78, 5) is 37.5. The zero-order valence-corrected chi connectivity index (χ0v) is 20.2. The van der Waals surface area contributed by atoms with Crippen LogP contribution in [0.3, 0.4) is 0 Å². The number of pyridine rings is 1. The van der Waals surface area contributed by atoms with Crippen LogP contribution in [0.4, 0.5) is 5.69 Å². The van der Waals surface area contributed by atoms with Gasteiger partial charge in [-0.3, -0.25) is 14.7 Å². The summed E-state index contributed by atoms with van der Waals surface area (Å²) in [6.45, 7) is 9.61. The standard InChI is InChI=1S/C25H27N3O4S/c1-14(2)13-31-25(30)15(3)28-20-12-18(9-10-21(20)32-16(4)24(28)29)22-17(5)33-23(27-22)19-8-6-7-11-26-19/h6-12,14-16H,13H2,1-5H3. The van der Waals surface area contributed by atoms with Gasteiger partial charge in [-0.05, 0) is 57.0 Å². The summed E-state index contributed by atoms with van der Waals surface area (Å²) in [7, 11) is 0. The van der Waals surface area contributed by atoms with Gasteiger partial charge in [0.05, 0.1) is 23.7 Å². The first-order chi connectivity index (χ1) is 15.8. The first-order valence-corrected chi connectivity index (χ1v) is 11.8. The third kappa shape index (κ3) is 4.61. The molecule has 0 saturated heterocycles. The minimum atomic E-state index is -0.780. The average Bonchev–Trinajstić information content (AvgIpc) is 3.20. The van der Waals surface area contributed by atoms with E-state index in [1.807, 2.05) is 57.2 Å². The SMILES string of the molecule is Cc1sc(-c2ccccn2)nc1-c1ccc2c(c1)N(C(C)C(=O)OCC(C)C)C(=O)C(C)O2. The molecule has 0 saturated carbocycles. The van der Waals surface area contributed by atoms with Crippen molar-refractivity contribution in [1.82, 2.24) is 9.97 Å². The predicted octanol–water partition coefficient (Wildman–Crippen LogP) is 4.88. The quantitative estimate of drug-likeness (QED) is 0.483. The van der Waals surface area contributed by atoms with E-state index in [2.05, 4.69) is 4.98 Å². The molecule has 0 N–H and O–H groups in total. The molecule has 1 aliphatic heterocycles. The van der Waals surface area contributed by atoms with Gasteiger partial charge in [-0.15, -0.1) is 11.3 Å². The molecule has 3 aromatic rings. The van der Waals surface area contributed by atoms with Crippen molar-refractivity contribution in [3.63, 3.8) is 0 Å². The molecule has 0 aliphatic carbocycles. The lowest BCUT2D eigenvalue weighted by molar-refractivity contribution is -0.147. The molecule has 2 aromatic heterocycles. The van der Waals surface area contributed by atoms with E-state index in [0.29, 0.717) is 18.0 Å². The van der Waals surface area contributed by atoms with Gasteiger partial charge in [-0.1, -0.05) is 19.9 Å². The van der Waals surface area contributed by atoms with Gasteiger partial charge >= 0.3 is 5.97 Å². The van der Waals surface area contributed by atoms with Crippen LogP contribution in [-0.4, -0.2) is 40.6 Å². The van der Waals surface area contributed by atoms with Crippen molar-refractivity contribution in [3.05, 3.63) is 47.5 Å². The number of benzene rings is 1. The molecule has 172 valence electrons. The Morgan fingerprint density at radius 1 is 1.24 bits per heavy atom. The number of rotatable bonds is 6. The Hall–Kier alpha value is -3.26. The number of carbonyl (C=O) groups excluding carboxylic acids is 2. The zero-order valence-electron chi connectivity index (χ0n) is 19.4. The largest absolute Gasteiger partial charge is 0.479 e. The summed E-state index contributed by atoms with van der Waals surface area (Å²) in [6, 6.07) is 10.5. The molecular weight excluding hydrogens is 438 g/mol. The Kier molecular flexibility index (Phi) is 6.47. The lowest BCUT2D eigenvalue weighted by atomic mass is 10.1. The van der Waals surface area contributed by atoms with Crippen LogP contribution < -0.4 is 9.64 Å². The monoisotopic (exact) mass is 465 g/mol. The Bertz CT molecular complexity index is 1180. The Labute approximate surface area is 197 Å². The minimum absolute atomic E-state index is 0.209. The fourth-order valence-corrected chi connectivity index (χ4v) is 4.56. The highest BCUT2D eigenvalue weighted by Gasteiger charge is 2.38. The Balaban J connectivity index is 1.71. The molecule has 8 heteroatoms. The smallest absolute Gasteiger partial charge is 0.328 e. The molecule has 0 radical (unpaired) electrons. The van der Waals surface area contributed by atoms with E-state index in [9.17, 15) is 9.59 Å². The Morgan fingerprint density at radius 2 is 2.03 bits per heavy atom. The van der Waals surface area contributed by atoms with Gasteiger partial charge in [0.15, 0.2) is 6.10 Å². The number of amides is 1. The van der Waals surface area contributed by atoms with Gasteiger partial charge in [0, 0.05) is 16.6 Å². The number of fused-ring (bicyclic) bond motifs is 1. The van der Waals surface area contributed by atoms with Gasteiger partial charge in [0.2, 0.25) is 0 Å². The molecule has 4 rings (SSSR count). The van der Waals surface area contributed by atoms with Gasteiger partial charge < -0.3 is 9.47 Å². The second-order valence-electron chi connectivity index (χ2n) is 8.49. The highest BCUT2D eigenvalue weighted by atomic mass is 32.1. The van der Waals surface area contributed by atoms with Crippen LogP contribution in [0.5, 0.6) is 5.75 Å². The maximum atomic E-state index is 13.0. The number of anilines is 1. The Morgan fingerprint density at radius 3 is 2.73 bits per heavy atom.